The van der Waals surface area contributed by atoms with Gasteiger partial charge < -0.3 is 0 Å². The summed E-state index contributed by atoms with van der Waals surface area (Å²) in [5.74, 6) is 0. The minimum Gasteiger partial charge on any atom is -0.248 e. The smallest absolute Gasteiger partial charge is 0.0715 e. The van der Waals surface area contributed by atoms with Crippen LogP contribution >= 0.6 is 22.6 Å². The summed E-state index contributed by atoms with van der Waals surface area (Å²) in [7, 11) is 0. The van der Waals surface area contributed by atoms with Gasteiger partial charge in [-0.05, 0) is 69.1 Å². The first-order valence-corrected chi connectivity index (χ1v) is 15.4. The molecule has 0 fully saturated rings. The molecule has 0 aliphatic heterocycles. The monoisotopic (exact) mass is 662 g/mol. The van der Waals surface area contributed by atoms with Gasteiger partial charge in [-0.2, -0.15) is 0 Å². The van der Waals surface area contributed by atoms with Gasteiger partial charge in [0.05, 0.1) is 22.8 Å². The minimum absolute atomic E-state index is 0.958. The molecule has 204 valence electrons. The van der Waals surface area contributed by atoms with E-state index in [1.807, 2.05) is 24.3 Å². The average molecular weight is 663 g/mol. The van der Waals surface area contributed by atoms with Gasteiger partial charge >= 0.3 is 0 Å². The van der Waals surface area contributed by atoms with Crippen molar-refractivity contribution >= 4 is 22.6 Å². The lowest BCUT2D eigenvalue weighted by atomic mass is 9.95. The lowest BCUT2D eigenvalue weighted by molar-refractivity contribution is 1.32. The standard InChI is InChI=1S/C40H27IN2/c41-40-34(32-24-36(28-14-5-1-6-15-28)42-37(25-32)29-16-7-2-8-17-29)22-13-23-35(40)33-26-38(30-18-9-3-10-19-30)43-39(27-33)31-20-11-4-12-21-31/h1-27H. The second-order valence-electron chi connectivity index (χ2n) is 10.4. The first kappa shape index (κ1) is 27.0. The molecule has 2 aromatic heterocycles. The molecule has 7 rings (SSSR count). The fourth-order valence-corrected chi connectivity index (χ4v) is 6.36. The number of rotatable bonds is 6. The molecule has 0 spiro atoms. The Morgan fingerprint density at radius 1 is 0.302 bits per heavy atom. The molecule has 0 bridgehead atoms. The molecule has 2 heterocycles. The van der Waals surface area contributed by atoms with Crippen molar-refractivity contribution in [2.75, 3.05) is 0 Å². The number of hydrogen-bond acceptors (Lipinski definition) is 2. The van der Waals surface area contributed by atoms with Crippen molar-refractivity contribution in [3.63, 3.8) is 0 Å². The fraction of sp³-hybridized carbons (Fsp3) is 0. The van der Waals surface area contributed by atoms with Crippen LogP contribution in [0.5, 0.6) is 0 Å². The number of pyridine rings is 2. The van der Waals surface area contributed by atoms with Gasteiger partial charge in [0.25, 0.3) is 0 Å². The highest BCUT2D eigenvalue weighted by molar-refractivity contribution is 14.1. The van der Waals surface area contributed by atoms with Crippen molar-refractivity contribution in [3.8, 4) is 67.3 Å². The SMILES string of the molecule is Ic1c(-c2cc(-c3ccccc3)nc(-c3ccccc3)c2)cccc1-c1cc(-c2ccccc2)nc(-c2ccccc2)c1. The molecular formula is C40H27IN2. The maximum atomic E-state index is 5.09. The van der Waals surface area contributed by atoms with E-state index in [2.05, 4.69) is 162 Å². The zero-order chi connectivity index (χ0) is 29.0. The van der Waals surface area contributed by atoms with Gasteiger partial charge in [0.15, 0.2) is 0 Å². The topological polar surface area (TPSA) is 25.8 Å². The molecule has 0 saturated carbocycles. The van der Waals surface area contributed by atoms with Crippen LogP contribution in [0.25, 0.3) is 67.3 Å². The van der Waals surface area contributed by atoms with E-state index in [0.29, 0.717) is 0 Å². The van der Waals surface area contributed by atoms with Crippen molar-refractivity contribution in [3.05, 3.63) is 167 Å². The lowest BCUT2D eigenvalue weighted by Crippen LogP contribution is -1.95. The van der Waals surface area contributed by atoms with E-state index in [0.717, 1.165) is 56.2 Å². The Kier molecular flexibility index (Phi) is 7.63. The highest BCUT2D eigenvalue weighted by Gasteiger charge is 2.16. The largest absolute Gasteiger partial charge is 0.248 e. The third-order valence-corrected chi connectivity index (χ3v) is 8.71. The normalized spacial score (nSPS) is 10.9. The summed E-state index contributed by atoms with van der Waals surface area (Å²) in [6.45, 7) is 0. The predicted molar refractivity (Wildman–Crippen MR) is 187 cm³/mol. The van der Waals surface area contributed by atoms with E-state index in [1.165, 1.54) is 14.7 Å². The maximum Gasteiger partial charge on any atom is 0.0715 e. The van der Waals surface area contributed by atoms with Gasteiger partial charge in [0.1, 0.15) is 0 Å². The van der Waals surface area contributed by atoms with E-state index in [4.69, 9.17) is 9.97 Å². The van der Waals surface area contributed by atoms with Crippen LogP contribution < -0.4 is 0 Å². The highest BCUT2D eigenvalue weighted by atomic mass is 127. The molecule has 0 aliphatic carbocycles. The molecule has 0 saturated heterocycles. The fourth-order valence-electron chi connectivity index (χ4n) is 5.38. The van der Waals surface area contributed by atoms with E-state index < -0.39 is 0 Å². The molecule has 5 aromatic carbocycles. The summed E-state index contributed by atoms with van der Waals surface area (Å²) in [5.41, 5.74) is 12.9. The number of nitrogens with zero attached hydrogens (tertiary/aromatic N) is 2. The van der Waals surface area contributed by atoms with E-state index >= 15 is 0 Å². The third kappa shape index (κ3) is 5.77. The molecule has 7 aromatic rings. The average Bonchev–Trinajstić information content (AvgIpc) is 3.09. The number of benzene rings is 5. The summed E-state index contributed by atoms with van der Waals surface area (Å²) in [6, 6.07) is 57.1. The number of hydrogen-bond donors (Lipinski definition) is 0. The zero-order valence-electron chi connectivity index (χ0n) is 23.4. The van der Waals surface area contributed by atoms with Crippen molar-refractivity contribution in [2.45, 2.75) is 0 Å². The quantitative estimate of drug-likeness (QED) is 0.166. The van der Waals surface area contributed by atoms with Gasteiger partial charge in [-0.15, -0.1) is 0 Å². The Labute approximate surface area is 265 Å². The maximum absolute atomic E-state index is 5.09. The van der Waals surface area contributed by atoms with Crippen LogP contribution in [0.4, 0.5) is 0 Å². The molecule has 0 aliphatic rings. The molecule has 0 unspecified atom stereocenters. The Balaban J connectivity index is 1.41. The van der Waals surface area contributed by atoms with E-state index in [-0.39, 0.29) is 0 Å². The first-order chi connectivity index (χ1) is 21.2. The second-order valence-corrected chi connectivity index (χ2v) is 11.5. The summed E-state index contributed by atoms with van der Waals surface area (Å²) in [4.78, 5) is 10.2. The minimum atomic E-state index is 0.958. The molecule has 0 amide bonds. The van der Waals surface area contributed by atoms with Crippen molar-refractivity contribution in [1.29, 1.82) is 0 Å². The summed E-state index contributed by atoms with van der Waals surface area (Å²) >= 11 is 2.51. The van der Waals surface area contributed by atoms with Gasteiger partial charge in [-0.3, -0.25) is 0 Å². The van der Waals surface area contributed by atoms with E-state index in [9.17, 15) is 0 Å². The zero-order valence-corrected chi connectivity index (χ0v) is 25.5. The molecular weight excluding hydrogens is 635 g/mol. The molecule has 2 nitrogen and oxygen atoms in total. The van der Waals surface area contributed by atoms with Gasteiger partial charge in [0.2, 0.25) is 0 Å². The summed E-state index contributed by atoms with van der Waals surface area (Å²) < 4.78 is 1.19. The number of halogens is 1. The summed E-state index contributed by atoms with van der Waals surface area (Å²) in [6.07, 6.45) is 0. The molecule has 0 N–H and O–H groups in total. The van der Waals surface area contributed by atoms with Gasteiger partial charge in [0, 0.05) is 25.8 Å². The van der Waals surface area contributed by atoms with Crippen LogP contribution in [-0.2, 0) is 0 Å². The highest BCUT2D eigenvalue weighted by Crippen LogP contribution is 2.38. The first-order valence-electron chi connectivity index (χ1n) is 14.3. The molecule has 43 heavy (non-hydrogen) atoms. The molecule has 3 heteroatoms. The van der Waals surface area contributed by atoms with Crippen LogP contribution in [-0.4, -0.2) is 9.97 Å². The third-order valence-electron chi connectivity index (χ3n) is 7.55. The van der Waals surface area contributed by atoms with Crippen molar-refractivity contribution in [1.82, 2.24) is 9.97 Å². The lowest BCUT2D eigenvalue weighted by Gasteiger charge is -2.15. The van der Waals surface area contributed by atoms with Crippen LogP contribution in [0, 0.1) is 3.57 Å². The van der Waals surface area contributed by atoms with Gasteiger partial charge in [-0.25, -0.2) is 9.97 Å². The Hall–Kier alpha value is -4.87. The predicted octanol–water partition coefficient (Wildman–Crippen LogP) is 11.1. The van der Waals surface area contributed by atoms with Crippen molar-refractivity contribution in [2.24, 2.45) is 0 Å². The molecule has 0 atom stereocenters. The van der Waals surface area contributed by atoms with Crippen LogP contribution in [0.15, 0.2) is 164 Å². The van der Waals surface area contributed by atoms with Crippen LogP contribution in [0.2, 0.25) is 0 Å². The van der Waals surface area contributed by atoms with Crippen LogP contribution in [0.3, 0.4) is 0 Å². The molecule has 0 radical (unpaired) electrons. The Morgan fingerprint density at radius 2 is 0.581 bits per heavy atom. The summed E-state index contributed by atoms with van der Waals surface area (Å²) in [5, 5.41) is 0. The van der Waals surface area contributed by atoms with Crippen molar-refractivity contribution < 1.29 is 0 Å². The number of aromatic nitrogens is 2. The van der Waals surface area contributed by atoms with E-state index in [1.54, 1.807) is 0 Å². The Morgan fingerprint density at radius 3 is 0.860 bits per heavy atom. The Bertz CT molecular complexity index is 1750. The van der Waals surface area contributed by atoms with Gasteiger partial charge in [-0.1, -0.05) is 140 Å². The second kappa shape index (κ2) is 12.2. The van der Waals surface area contributed by atoms with Crippen LogP contribution in [0.1, 0.15) is 0 Å².